The average Bonchev–Trinajstić information content (AvgIpc) is 2.30. The van der Waals surface area contributed by atoms with E-state index >= 15 is 0 Å². The normalized spacial score (nSPS) is 12.4. The third-order valence-corrected chi connectivity index (χ3v) is 2.34. The predicted octanol–water partition coefficient (Wildman–Crippen LogP) is 1.80. The highest BCUT2D eigenvalue weighted by molar-refractivity contribution is 5.28. The molecule has 2 N–H and O–H groups in total. The first-order valence-corrected chi connectivity index (χ1v) is 5.79. The van der Waals surface area contributed by atoms with Gasteiger partial charge in [0.2, 0.25) is 0 Å². The van der Waals surface area contributed by atoms with Crippen LogP contribution in [0.15, 0.2) is 24.3 Å². The number of hydrogen-bond acceptors (Lipinski definition) is 3. The van der Waals surface area contributed by atoms with Crippen LogP contribution in [0.1, 0.15) is 19.4 Å². The molecule has 0 amide bonds. The van der Waals surface area contributed by atoms with Crippen molar-refractivity contribution in [3.8, 4) is 5.75 Å². The van der Waals surface area contributed by atoms with Crippen molar-refractivity contribution in [1.29, 1.82) is 0 Å². The van der Waals surface area contributed by atoms with Crippen LogP contribution >= 0.6 is 0 Å². The minimum atomic E-state index is 0.228. The number of rotatable bonds is 7. The fraction of sp³-hybridized carbons (Fsp3) is 0.538. The Balaban J connectivity index is 2.38. The fourth-order valence-corrected chi connectivity index (χ4v) is 1.44. The summed E-state index contributed by atoms with van der Waals surface area (Å²) in [5, 5.41) is 12.2. The molecule has 0 spiro atoms. The molecule has 0 aliphatic rings. The molecule has 0 aliphatic heterocycles. The van der Waals surface area contributed by atoms with Gasteiger partial charge in [-0.05, 0) is 30.5 Å². The van der Waals surface area contributed by atoms with E-state index in [4.69, 9.17) is 9.84 Å². The molecular weight excluding hydrogens is 202 g/mol. The van der Waals surface area contributed by atoms with Gasteiger partial charge in [-0.15, -0.1) is 0 Å². The number of ether oxygens (including phenoxy) is 1. The molecule has 3 heteroatoms. The Bertz CT molecular complexity index is 302. The lowest BCUT2D eigenvalue weighted by Crippen LogP contribution is -2.22. The monoisotopic (exact) mass is 223 g/mol. The summed E-state index contributed by atoms with van der Waals surface area (Å²) in [6, 6.07) is 8.07. The Hall–Kier alpha value is -1.06. The van der Waals surface area contributed by atoms with Crippen molar-refractivity contribution in [2.75, 3.05) is 19.8 Å². The second-order valence-corrected chi connectivity index (χ2v) is 4.00. The third-order valence-electron chi connectivity index (χ3n) is 2.34. The molecular formula is C13H21NO2. The van der Waals surface area contributed by atoms with Crippen molar-refractivity contribution in [3.63, 3.8) is 0 Å². The van der Waals surface area contributed by atoms with Crippen LogP contribution in [0.4, 0.5) is 0 Å². The van der Waals surface area contributed by atoms with Crippen molar-refractivity contribution >= 4 is 0 Å². The van der Waals surface area contributed by atoms with Crippen molar-refractivity contribution in [3.05, 3.63) is 29.8 Å². The number of aliphatic hydroxyl groups excluding tert-OH is 1. The largest absolute Gasteiger partial charge is 0.494 e. The van der Waals surface area contributed by atoms with E-state index in [-0.39, 0.29) is 6.61 Å². The lowest BCUT2D eigenvalue weighted by Gasteiger charge is -2.10. The summed E-state index contributed by atoms with van der Waals surface area (Å²) in [4.78, 5) is 0. The third kappa shape index (κ3) is 4.64. The molecule has 1 atom stereocenters. The molecule has 16 heavy (non-hydrogen) atoms. The SMILES string of the molecule is CCOc1cccc(CNCC(C)CO)c1. The average molecular weight is 223 g/mol. The van der Waals surface area contributed by atoms with E-state index in [2.05, 4.69) is 11.4 Å². The minimum absolute atomic E-state index is 0.228. The van der Waals surface area contributed by atoms with Gasteiger partial charge in [-0.3, -0.25) is 0 Å². The first-order chi connectivity index (χ1) is 7.76. The van der Waals surface area contributed by atoms with E-state index in [1.807, 2.05) is 32.0 Å². The maximum atomic E-state index is 8.89. The topological polar surface area (TPSA) is 41.5 Å². The Morgan fingerprint density at radius 3 is 2.94 bits per heavy atom. The molecule has 1 unspecified atom stereocenters. The zero-order valence-corrected chi connectivity index (χ0v) is 10.1. The predicted molar refractivity (Wildman–Crippen MR) is 65.6 cm³/mol. The van der Waals surface area contributed by atoms with Crippen molar-refractivity contribution in [1.82, 2.24) is 5.32 Å². The highest BCUT2D eigenvalue weighted by Gasteiger charge is 2.00. The van der Waals surface area contributed by atoms with E-state index in [0.29, 0.717) is 12.5 Å². The Morgan fingerprint density at radius 1 is 1.44 bits per heavy atom. The van der Waals surface area contributed by atoms with Crippen LogP contribution in [0.5, 0.6) is 5.75 Å². The second-order valence-electron chi connectivity index (χ2n) is 4.00. The van der Waals surface area contributed by atoms with Crippen LogP contribution in [0, 0.1) is 5.92 Å². The maximum Gasteiger partial charge on any atom is 0.119 e. The molecule has 0 aliphatic carbocycles. The molecule has 0 heterocycles. The molecule has 1 rings (SSSR count). The highest BCUT2D eigenvalue weighted by Crippen LogP contribution is 2.12. The number of nitrogens with one attached hydrogen (secondary N) is 1. The summed E-state index contributed by atoms with van der Waals surface area (Å²) in [6.45, 7) is 6.56. The zero-order chi connectivity index (χ0) is 11.8. The van der Waals surface area contributed by atoms with Crippen LogP contribution in [-0.2, 0) is 6.54 Å². The van der Waals surface area contributed by atoms with E-state index in [1.165, 1.54) is 5.56 Å². The van der Waals surface area contributed by atoms with E-state index < -0.39 is 0 Å². The quantitative estimate of drug-likeness (QED) is 0.740. The number of aliphatic hydroxyl groups is 1. The van der Waals surface area contributed by atoms with Crippen LogP contribution < -0.4 is 10.1 Å². The zero-order valence-electron chi connectivity index (χ0n) is 10.1. The molecule has 0 aromatic heterocycles. The van der Waals surface area contributed by atoms with Gasteiger partial charge in [0, 0.05) is 19.7 Å². The van der Waals surface area contributed by atoms with Gasteiger partial charge in [0.15, 0.2) is 0 Å². The van der Waals surface area contributed by atoms with Gasteiger partial charge in [0.05, 0.1) is 6.61 Å². The van der Waals surface area contributed by atoms with Gasteiger partial charge < -0.3 is 15.2 Å². The standard InChI is InChI=1S/C13H21NO2/c1-3-16-13-6-4-5-12(7-13)9-14-8-11(2)10-15/h4-7,11,14-15H,3,8-10H2,1-2H3. The molecule has 1 aromatic rings. The Morgan fingerprint density at radius 2 is 2.25 bits per heavy atom. The van der Waals surface area contributed by atoms with Crippen molar-refractivity contribution < 1.29 is 9.84 Å². The van der Waals surface area contributed by atoms with Gasteiger partial charge in [-0.2, -0.15) is 0 Å². The molecule has 1 aromatic carbocycles. The van der Waals surface area contributed by atoms with Gasteiger partial charge in [-0.25, -0.2) is 0 Å². The maximum absolute atomic E-state index is 8.89. The van der Waals surface area contributed by atoms with Crippen LogP contribution in [0.25, 0.3) is 0 Å². The van der Waals surface area contributed by atoms with E-state index in [9.17, 15) is 0 Å². The van der Waals surface area contributed by atoms with Crippen LogP contribution in [0.2, 0.25) is 0 Å². The lowest BCUT2D eigenvalue weighted by atomic mass is 10.2. The molecule has 0 saturated carbocycles. The van der Waals surface area contributed by atoms with Crippen LogP contribution in [-0.4, -0.2) is 24.9 Å². The molecule has 3 nitrogen and oxygen atoms in total. The molecule has 0 saturated heterocycles. The van der Waals surface area contributed by atoms with Crippen molar-refractivity contribution in [2.24, 2.45) is 5.92 Å². The summed E-state index contributed by atoms with van der Waals surface area (Å²) in [5.74, 6) is 1.21. The molecule has 90 valence electrons. The minimum Gasteiger partial charge on any atom is -0.494 e. The van der Waals surface area contributed by atoms with Gasteiger partial charge in [0.25, 0.3) is 0 Å². The van der Waals surface area contributed by atoms with Gasteiger partial charge in [-0.1, -0.05) is 19.1 Å². The van der Waals surface area contributed by atoms with E-state index in [0.717, 1.165) is 18.8 Å². The molecule has 0 bridgehead atoms. The van der Waals surface area contributed by atoms with Crippen molar-refractivity contribution in [2.45, 2.75) is 20.4 Å². The van der Waals surface area contributed by atoms with Crippen LogP contribution in [0.3, 0.4) is 0 Å². The van der Waals surface area contributed by atoms with Gasteiger partial charge in [0.1, 0.15) is 5.75 Å². The van der Waals surface area contributed by atoms with Gasteiger partial charge >= 0.3 is 0 Å². The summed E-state index contributed by atoms with van der Waals surface area (Å²) >= 11 is 0. The molecule has 0 fully saturated rings. The smallest absolute Gasteiger partial charge is 0.119 e. The number of hydrogen-bond donors (Lipinski definition) is 2. The van der Waals surface area contributed by atoms with E-state index in [1.54, 1.807) is 0 Å². The lowest BCUT2D eigenvalue weighted by molar-refractivity contribution is 0.233. The summed E-state index contributed by atoms with van der Waals surface area (Å²) < 4.78 is 5.43. The highest BCUT2D eigenvalue weighted by atomic mass is 16.5. The summed E-state index contributed by atoms with van der Waals surface area (Å²) in [6.07, 6.45) is 0. The second kappa shape index (κ2) is 7.25. The Labute approximate surface area is 97.4 Å². The first kappa shape index (κ1) is 13.0. The Kier molecular flexibility index (Phi) is 5.90. The number of benzene rings is 1. The fourth-order valence-electron chi connectivity index (χ4n) is 1.44. The molecule has 0 radical (unpaired) electrons. The summed E-state index contributed by atoms with van der Waals surface area (Å²) in [7, 11) is 0. The first-order valence-electron chi connectivity index (χ1n) is 5.79. The summed E-state index contributed by atoms with van der Waals surface area (Å²) in [5.41, 5.74) is 1.20.